The summed E-state index contributed by atoms with van der Waals surface area (Å²) >= 11 is 0. The Balaban J connectivity index is 2.19. The molecule has 0 amide bonds. The molecule has 0 saturated heterocycles. The highest BCUT2D eigenvalue weighted by molar-refractivity contribution is 7.89. The van der Waals surface area contributed by atoms with Gasteiger partial charge in [0, 0.05) is 19.4 Å². The molecule has 0 aliphatic heterocycles. The maximum Gasteiger partial charge on any atom is 0.243 e. The highest BCUT2D eigenvalue weighted by Gasteiger charge is 2.21. The van der Waals surface area contributed by atoms with Gasteiger partial charge in [0.15, 0.2) is 0 Å². The largest absolute Gasteiger partial charge is 0.347 e. The van der Waals surface area contributed by atoms with E-state index in [1.54, 1.807) is 24.5 Å². The van der Waals surface area contributed by atoms with Gasteiger partial charge in [0.2, 0.25) is 10.0 Å². The standard InChI is InChI=1S/C13H14N4O2S/c1-17(10-13-15-8-9-16-13)20(18,19)12-4-2-11(3-5-12)6-7-14/h2-5,8-9H,6,10H2,1H3,(H,15,16). The number of benzene rings is 1. The fourth-order valence-electron chi connectivity index (χ4n) is 1.73. The molecular formula is C13H14N4O2S. The molecular weight excluding hydrogens is 276 g/mol. The van der Waals surface area contributed by atoms with Crippen molar-refractivity contribution in [3.05, 3.63) is 48.0 Å². The molecule has 0 fully saturated rings. The number of imidazole rings is 1. The summed E-state index contributed by atoms with van der Waals surface area (Å²) < 4.78 is 25.9. The van der Waals surface area contributed by atoms with E-state index in [0.717, 1.165) is 5.56 Å². The van der Waals surface area contributed by atoms with Crippen LogP contribution in [-0.4, -0.2) is 29.7 Å². The summed E-state index contributed by atoms with van der Waals surface area (Å²) in [6, 6.07) is 8.35. The van der Waals surface area contributed by atoms with Crippen LogP contribution in [0.25, 0.3) is 0 Å². The monoisotopic (exact) mass is 290 g/mol. The number of aromatic nitrogens is 2. The lowest BCUT2D eigenvalue weighted by Crippen LogP contribution is -2.27. The zero-order valence-corrected chi connectivity index (χ0v) is 11.8. The number of nitriles is 1. The topological polar surface area (TPSA) is 89.8 Å². The summed E-state index contributed by atoms with van der Waals surface area (Å²) in [5.41, 5.74) is 0.792. The number of rotatable bonds is 5. The van der Waals surface area contributed by atoms with Crippen molar-refractivity contribution in [1.82, 2.24) is 14.3 Å². The second-order valence-electron chi connectivity index (χ2n) is 4.28. The zero-order chi connectivity index (χ0) is 14.6. The molecule has 1 aromatic heterocycles. The fraction of sp³-hybridized carbons (Fsp3) is 0.231. The van der Waals surface area contributed by atoms with Crippen LogP contribution in [0, 0.1) is 11.3 Å². The molecule has 104 valence electrons. The molecule has 6 nitrogen and oxygen atoms in total. The van der Waals surface area contributed by atoms with E-state index < -0.39 is 10.0 Å². The molecule has 0 radical (unpaired) electrons. The average Bonchev–Trinajstić information content (AvgIpc) is 2.92. The first-order chi connectivity index (χ1) is 9.54. The summed E-state index contributed by atoms with van der Waals surface area (Å²) in [7, 11) is -2.06. The van der Waals surface area contributed by atoms with Crippen molar-refractivity contribution in [3.63, 3.8) is 0 Å². The molecule has 1 heterocycles. The number of nitrogens with one attached hydrogen (secondary N) is 1. The van der Waals surface area contributed by atoms with Crippen molar-refractivity contribution in [3.8, 4) is 6.07 Å². The third-order valence-corrected chi connectivity index (χ3v) is 4.66. The van der Waals surface area contributed by atoms with Crippen LogP contribution in [0.2, 0.25) is 0 Å². The summed E-state index contributed by atoms with van der Waals surface area (Å²) in [6.07, 6.45) is 3.49. The molecule has 0 aliphatic carbocycles. The lowest BCUT2D eigenvalue weighted by molar-refractivity contribution is 0.458. The Kier molecular flexibility index (Phi) is 4.17. The van der Waals surface area contributed by atoms with Crippen LogP contribution >= 0.6 is 0 Å². The van der Waals surface area contributed by atoms with Gasteiger partial charge in [0.05, 0.1) is 23.9 Å². The molecule has 0 bridgehead atoms. The van der Waals surface area contributed by atoms with E-state index in [1.807, 2.05) is 6.07 Å². The molecule has 0 saturated carbocycles. The Hall–Kier alpha value is -2.17. The van der Waals surface area contributed by atoms with Crippen molar-refractivity contribution in [2.75, 3.05) is 7.05 Å². The summed E-state index contributed by atoms with van der Waals surface area (Å²) in [5.74, 6) is 0.581. The number of H-pyrrole nitrogens is 1. The van der Waals surface area contributed by atoms with Gasteiger partial charge in [-0.3, -0.25) is 0 Å². The van der Waals surface area contributed by atoms with Gasteiger partial charge in [-0.2, -0.15) is 9.57 Å². The van der Waals surface area contributed by atoms with E-state index in [4.69, 9.17) is 5.26 Å². The van der Waals surface area contributed by atoms with Crippen molar-refractivity contribution in [1.29, 1.82) is 5.26 Å². The second kappa shape index (κ2) is 5.86. The number of hydrogen-bond donors (Lipinski definition) is 1. The number of sulfonamides is 1. The smallest absolute Gasteiger partial charge is 0.243 e. The van der Waals surface area contributed by atoms with Gasteiger partial charge >= 0.3 is 0 Å². The zero-order valence-electron chi connectivity index (χ0n) is 10.9. The minimum atomic E-state index is -3.56. The first-order valence-electron chi connectivity index (χ1n) is 5.94. The Labute approximate surface area is 117 Å². The van der Waals surface area contributed by atoms with Gasteiger partial charge in [0.25, 0.3) is 0 Å². The summed E-state index contributed by atoms with van der Waals surface area (Å²) in [5, 5.41) is 8.59. The first kappa shape index (κ1) is 14.2. The van der Waals surface area contributed by atoms with Crippen LogP contribution in [-0.2, 0) is 23.0 Å². The lowest BCUT2D eigenvalue weighted by atomic mass is 10.2. The molecule has 7 heteroatoms. The van der Waals surface area contributed by atoms with Gasteiger partial charge in [-0.25, -0.2) is 13.4 Å². The van der Waals surface area contributed by atoms with Crippen LogP contribution in [0.3, 0.4) is 0 Å². The van der Waals surface area contributed by atoms with E-state index in [2.05, 4.69) is 9.97 Å². The van der Waals surface area contributed by atoms with E-state index in [0.29, 0.717) is 5.82 Å². The van der Waals surface area contributed by atoms with Crippen LogP contribution < -0.4 is 0 Å². The molecule has 0 aliphatic rings. The van der Waals surface area contributed by atoms with Crippen LogP contribution in [0.1, 0.15) is 11.4 Å². The van der Waals surface area contributed by atoms with Crippen LogP contribution in [0.15, 0.2) is 41.6 Å². The first-order valence-corrected chi connectivity index (χ1v) is 7.38. The fourth-order valence-corrected chi connectivity index (χ4v) is 2.86. The average molecular weight is 290 g/mol. The van der Waals surface area contributed by atoms with Gasteiger partial charge in [-0.1, -0.05) is 12.1 Å². The second-order valence-corrected chi connectivity index (χ2v) is 6.32. The van der Waals surface area contributed by atoms with E-state index in [9.17, 15) is 8.42 Å². The Morgan fingerprint density at radius 2 is 2.05 bits per heavy atom. The third-order valence-electron chi connectivity index (χ3n) is 2.84. The van der Waals surface area contributed by atoms with E-state index in [-0.39, 0.29) is 17.9 Å². The maximum absolute atomic E-state index is 12.3. The number of nitrogens with zero attached hydrogens (tertiary/aromatic N) is 3. The molecule has 1 aromatic carbocycles. The lowest BCUT2D eigenvalue weighted by Gasteiger charge is -2.16. The predicted octanol–water partition coefficient (Wildman–Crippen LogP) is 1.30. The molecule has 20 heavy (non-hydrogen) atoms. The molecule has 2 rings (SSSR count). The van der Waals surface area contributed by atoms with Crippen LogP contribution in [0.4, 0.5) is 0 Å². The van der Waals surface area contributed by atoms with Crippen molar-refractivity contribution >= 4 is 10.0 Å². The quantitative estimate of drug-likeness (QED) is 0.898. The molecule has 1 N–H and O–H groups in total. The SMILES string of the molecule is CN(Cc1ncc[nH]1)S(=O)(=O)c1ccc(CC#N)cc1. The molecule has 0 atom stereocenters. The minimum absolute atomic E-state index is 0.176. The summed E-state index contributed by atoms with van der Waals surface area (Å²) in [6.45, 7) is 0.176. The highest BCUT2D eigenvalue weighted by atomic mass is 32.2. The number of hydrogen-bond acceptors (Lipinski definition) is 4. The van der Waals surface area contributed by atoms with Crippen molar-refractivity contribution < 1.29 is 8.42 Å². The summed E-state index contributed by atoms with van der Waals surface area (Å²) in [4.78, 5) is 7.07. The van der Waals surface area contributed by atoms with Gasteiger partial charge in [-0.05, 0) is 17.7 Å². The van der Waals surface area contributed by atoms with Gasteiger partial charge < -0.3 is 4.98 Å². The molecule has 2 aromatic rings. The Bertz CT molecular complexity index is 700. The van der Waals surface area contributed by atoms with Gasteiger partial charge in [0.1, 0.15) is 5.82 Å². The molecule has 0 spiro atoms. The molecule has 0 unspecified atom stereocenters. The number of aromatic amines is 1. The van der Waals surface area contributed by atoms with Crippen LogP contribution in [0.5, 0.6) is 0 Å². The van der Waals surface area contributed by atoms with E-state index >= 15 is 0 Å². The Morgan fingerprint density at radius 1 is 1.35 bits per heavy atom. The predicted molar refractivity (Wildman–Crippen MR) is 73.0 cm³/mol. The normalized spacial score (nSPS) is 11.4. The minimum Gasteiger partial charge on any atom is -0.347 e. The van der Waals surface area contributed by atoms with Gasteiger partial charge in [-0.15, -0.1) is 0 Å². The van der Waals surface area contributed by atoms with Crippen molar-refractivity contribution in [2.45, 2.75) is 17.9 Å². The Morgan fingerprint density at radius 3 is 2.60 bits per heavy atom. The highest BCUT2D eigenvalue weighted by Crippen LogP contribution is 2.16. The maximum atomic E-state index is 12.3. The van der Waals surface area contributed by atoms with Crippen molar-refractivity contribution in [2.24, 2.45) is 0 Å². The third kappa shape index (κ3) is 3.04. The van der Waals surface area contributed by atoms with E-state index in [1.165, 1.54) is 23.5 Å².